The van der Waals surface area contributed by atoms with Crippen molar-refractivity contribution in [2.24, 2.45) is 0 Å². The number of carbonyl (C=O) groups excluding carboxylic acids is 1. The number of benzene rings is 2. The Morgan fingerprint density at radius 2 is 2.12 bits per heavy atom. The van der Waals surface area contributed by atoms with Gasteiger partial charge >= 0.3 is 6.03 Å². The lowest BCUT2D eigenvalue weighted by atomic mass is 10.1. The number of likely N-dealkylation sites (N-methyl/N-ethyl adjacent to an activating group) is 1. The van der Waals surface area contributed by atoms with Crippen LogP contribution in [0.5, 0.6) is 0 Å². The van der Waals surface area contributed by atoms with Crippen molar-refractivity contribution in [1.29, 1.82) is 0 Å². The molecule has 4 rings (SSSR count). The number of urea groups is 1. The Balaban J connectivity index is 1.47. The van der Waals surface area contributed by atoms with E-state index in [1.54, 1.807) is 0 Å². The van der Waals surface area contributed by atoms with Crippen LogP contribution in [0.3, 0.4) is 0 Å². The van der Waals surface area contributed by atoms with Crippen LogP contribution >= 0.6 is 0 Å². The van der Waals surface area contributed by atoms with E-state index in [1.165, 1.54) is 16.6 Å². The number of aromatic amines is 1. The quantitative estimate of drug-likeness (QED) is 0.742. The molecular weight excluding hydrogens is 324 g/mol. The first-order valence-corrected chi connectivity index (χ1v) is 9.10. The van der Waals surface area contributed by atoms with Crippen LogP contribution < -0.4 is 10.2 Å². The largest absolute Gasteiger partial charge is 0.374 e. The van der Waals surface area contributed by atoms with Crippen molar-refractivity contribution in [3.05, 3.63) is 59.8 Å². The summed E-state index contributed by atoms with van der Waals surface area (Å²) in [5.41, 5.74) is 5.65. The van der Waals surface area contributed by atoms with E-state index in [1.807, 2.05) is 24.1 Å². The van der Waals surface area contributed by atoms with Crippen molar-refractivity contribution >= 4 is 28.3 Å². The molecule has 26 heavy (non-hydrogen) atoms. The van der Waals surface area contributed by atoms with Gasteiger partial charge in [-0.25, -0.2) is 4.79 Å². The van der Waals surface area contributed by atoms with Gasteiger partial charge in [-0.15, -0.1) is 0 Å². The van der Waals surface area contributed by atoms with Crippen molar-refractivity contribution in [1.82, 2.24) is 9.88 Å². The minimum absolute atomic E-state index is 0.0673. The number of fused-ring (bicyclic) bond motifs is 2. The summed E-state index contributed by atoms with van der Waals surface area (Å²) >= 11 is 0. The van der Waals surface area contributed by atoms with E-state index in [2.05, 4.69) is 58.6 Å². The van der Waals surface area contributed by atoms with Crippen molar-refractivity contribution in [3.63, 3.8) is 0 Å². The van der Waals surface area contributed by atoms with Gasteiger partial charge in [0.15, 0.2) is 0 Å². The fraction of sp³-hybridized carbons (Fsp3) is 0.286. The molecule has 2 amide bonds. The van der Waals surface area contributed by atoms with Gasteiger partial charge in [-0.3, -0.25) is 0 Å². The summed E-state index contributed by atoms with van der Waals surface area (Å²) in [6.07, 6.45) is 3.01. The van der Waals surface area contributed by atoms with E-state index in [0.717, 1.165) is 29.7 Å². The molecule has 5 nitrogen and oxygen atoms in total. The van der Waals surface area contributed by atoms with Crippen molar-refractivity contribution in [2.45, 2.75) is 19.9 Å². The number of rotatable bonds is 4. The maximum absolute atomic E-state index is 12.7. The van der Waals surface area contributed by atoms with Gasteiger partial charge < -0.3 is 20.1 Å². The minimum Gasteiger partial charge on any atom is -0.374 e. The molecule has 0 fully saturated rings. The van der Waals surface area contributed by atoms with Crippen LogP contribution in [-0.2, 0) is 13.0 Å². The molecule has 3 aromatic rings. The third-order valence-electron chi connectivity index (χ3n) is 5.12. The highest BCUT2D eigenvalue weighted by Gasteiger charge is 2.18. The number of hydrogen-bond donors (Lipinski definition) is 2. The first-order chi connectivity index (χ1) is 12.6. The highest BCUT2D eigenvalue weighted by molar-refractivity contribution is 5.90. The SMILES string of the molecule is CCN(Cc1ccc2[nH]ccc2c1)C(=O)Nc1ccc2c(c1)N(C)CC2. The summed E-state index contributed by atoms with van der Waals surface area (Å²) < 4.78 is 0. The molecule has 134 valence electrons. The zero-order valence-electron chi connectivity index (χ0n) is 15.2. The second-order valence-corrected chi connectivity index (χ2v) is 6.86. The molecule has 2 aromatic carbocycles. The molecule has 2 N–H and O–H groups in total. The van der Waals surface area contributed by atoms with Crippen LogP contribution in [0.15, 0.2) is 48.7 Å². The lowest BCUT2D eigenvalue weighted by Crippen LogP contribution is -2.34. The second-order valence-electron chi connectivity index (χ2n) is 6.86. The number of hydrogen-bond acceptors (Lipinski definition) is 2. The Labute approximate surface area is 153 Å². The van der Waals surface area contributed by atoms with Crippen LogP contribution in [0.25, 0.3) is 10.9 Å². The number of nitrogens with one attached hydrogen (secondary N) is 2. The maximum Gasteiger partial charge on any atom is 0.322 e. The smallest absolute Gasteiger partial charge is 0.322 e. The lowest BCUT2D eigenvalue weighted by Gasteiger charge is -2.22. The predicted octanol–water partition coefficient (Wildman–Crippen LogP) is 4.21. The van der Waals surface area contributed by atoms with Gasteiger partial charge in [0, 0.05) is 49.8 Å². The first kappa shape index (κ1) is 16.5. The molecule has 0 unspecified atom stereocenters. The van der Waals surface area contributed by atoms with Gasteiger partial charge in [0.2, 0.25) is 0 Å². The molecule has 0 atom stereocenters. The monoisotopic (exact) mass is 348 g/mol. The van der Waals surface area contributed by atoms with E-state index in [9.17, 15) is 4.79 Å². The number of anilines is 2. The van der Waals surface area contributed by atoms with E-state index >= 15 is 0 Å². The Kier molecular flexibility index (Phi) is 4.29. The molecule has 2 heterocycles. The average Bonchev–Trinajstić information content (AvgIpc) is 3.26. The van der Waals surface area contributed by atoms with Crippen LogP contribution in [0.4, 0.5) is 16.2 Å². The Hall–Kier alpha value is -2.95. The summed E-state index contributed by atoms with van der Waals surface area (Å²) in [6.45, 7) is 4.29. The van der Waals surface area contributed by atoms with Gasteiger partial charge in [0.05, 0.1) is 0 Å². The maximum atomic E-state index is 12.7. The highest BCUT2D eigenvalue weighted by Crippen LogP contribution is 2.29. The molecule has 5 heteroatoms. The number of amides is 2. The molecule has 1 aromatic heterocycles. The molecule has 1 aliphatic rings. The number of H-pyrrole nitrogens is 1. The molecule has 0 aliphatic carbocycles. The molecule has 0 radical (unpaired) electrons. The fourth-order valence-electron chi connectivity index (χ4n) is 3.57. The highest BCUT2D eigenvalue weighted by atomic mass is 16.2. The zero-order chi connectivity index (χ0) is 18.1. The van der Waals surface area contributed by atoms with Crippen molar-refractivity contribution in [3.8, 4) is 0 Å². The average molecular weight is 348 g/mol. The molecular formula is C21H24N4O. The van der Waals surface area contributed by atoms with Crippen LogP contribution in [-0.4, -0.2) is 36.1 Å². The van der Waals surface area contributed by atoms with Gasteiger partial charge in [0.1, 0.15) is 0 Å². The fourth-order valence-corrected chi connectivity index (χ4v) is 3.57. The third kappa shape index (κ3) is 3.12. The predicted molar refractivity (Wildman–Crippen MR) is 107 cm³/mol. The summed E-state index contributed by atoms with van der Waals surface area (Å²) in [6, 6.07) is 14.4. The Bertz CT molecular complexity index is 946. The zero-order valence-corrected chi connectivity index (χ0v) is 15.2. The lowest BCUT2D eigenvalue weighted by molar-refractivity contribution is 0.212. The molecule has 0 saturated heterocycles. The van der Waals surface area contributed by atoms with Gasteiger partial charge in [-0.05, 0) is 60.2 Å². The van der Waals surface area contributed by atoms with Crippen molar-refractivity contribution in [2.75, 3.05) is 30.4 Å². The Morgan fingerprint density at radius 1 is 1.23 bits per heavy atom. The Morgan fingerprint density at radius 3 is 2.96 bits per heavy atom. The molecule has 0 bridgehead atoms. The first-order valence-electron chi connectivity index (χ1n) is 9.10. The number of nitrogens with zero attached hydrogens (tertiary/aromatic N) is 2. The van der Waals surface area contributed by atoms with E-state index in [0.29, 0.717) is 13.1 Å². The van der Waals surface area contributed by atoms with Crippen molar-refractivity contribution < 1.29 is 4.79 Å². The van der Waals surface area contributed by atoms with Crippen LogP contribution in [0.2, 0.25) is 0 Å². The normalized spacial score (nSPS) is 13.1. The summed E-state index contributed by atoms with van der Waals surface area (Å²) in [4.78, 5) is 20.0. The molecule has 0 spiro atoms. The summed E-state index contributed by atoms with van der Waals surface area (Å²) in [7, 11) is 2.09. The third-order valence-corrected chi connectivity index (χ3v) is 5.12. The second kappa shape index (κ2) is 6.75. The number of aromatic nitrogens is 1. The van der Waals surface area contributed by atoms with Gasteiger partial charge in [0.25, 0.3) is 0 Å². The van der Waals surface area contributed by atoms with Crippen LogP contribution in [0, 0.1) is 0 Å². The topological polar surface area (TPSA) is 51.4 Å². The summed E-state index contributed by atoms with van der Waals surface area (Å²) in [5, 5.41) is 4.22. The van der Waals surface area contributed by atoms with Gasteiger partial charge in [-0.2, -0.15) is 0 Å². The van der Waals surface area contributed by atoms with E-state index < -0.39 is 0 Å². The summed E-state index contributed by atoms with van der Waals surface area (Å²) in [5.74, 6) is 0. The minimum atomic E-state index is -0.0673. The van der Waals surface area contributed by atoms with E-state index in [-0.39, 0.29) is 6.03 Å². The standard InChI is InChI=1S/C21H24N4O/c1-3-25(14-15-4-7-19-17(12-15)8-10-22-19)21(26)23-18-6-5-16-9-11-24(2)20(16)13-18/h4-8,10,12-13,22H,3,9,11,14H2,1-2H3,(H,23,26). The van der Waals surface area contributed by atoms with E-state index in [4.69, 9.17) is 0 Å². The molecule has 0 saturated carbocycles. The van der Waals surface area contributed by atoms with Gasteiger partial charge in [-0.1, -0.05) is 12.1 Å². The van der Waals surface area contributed by atoms with Crippen LogP contribution in [0.1, 0.15) is 18.1 Å². The number of carbonyl (C=O) groups is 1. The molecule has 1 aliphatic heterocycles.